The molecule has 4 heteroatoms. The molecule has 1 nitrogen and oxygen atoms in total. The molecule has 0 unspecified atom stereocenters. The van der Waals surface area contributed by atoms with Gasteiger partial charge in [0.15, 0.2) is 0 Å². The molecule has 0 amide bonds. The van der Waals surface area contributed by atoms with Crippen LogP contribution in [0.2, 0.25) is 0 Å². The van der Waals surface area contributed by atoms with Crippen molar-refractivity contribution in [1.82, 2.24) is 0 Å². The minimum absolute atomic E-state index is 0.597. The van der Waals surface area contributed by atoms with Crippen LogP contribution >= 0.6 is 0 Å². The summed E-state index contributed by atoms with van der Waals surface area (Å²) >= 11 is 0. The second kappa shape index (κ2) is 5.19. The Labute approximate surface area is 116 Å². The van der Waals surface area contributed by atoms with Crippen LogP contribution in [0.15, 0.2) is 36.4 Å². The predicted octanol–water partition coefficient (Wildman–Crippen LogP) is 4.50. The van der Waals surface area contributed by atoms with E-state index in [2.05, 4.69) is 0 Å². The van der Waals surface area contributed by atoms with Crippen molar-refractivity contribution in [2.75, 3.05) is 5.73 Å². The summed E-state index contributed by atoms with van der Waals surface area (Å²) in [6.07, 6.45) is -3.69. The summed E-state index contributed by atoms with van der Waals surface area (Å²) in [7, 11) is 0. The molecule has 2 rings (SSSR count). The van der Waals surface area contributed by atoms with Crippen molar-refractivity contribution in [1.29, 1.82) is 0 Å². The molecule has 0 spiro atoms. The van der Waals surface area contributed by atoms with Gasteiger partial charge in [-0.3, -0.25) is 0 Å². The Hall–Kier alpha value is -1.97. The Kier molecular flexibility index (Phi) is 3.75. The largest absolute Gasteiger partial charge is 0.416 e. The fourth-order valence-electron chi connectivity index (χ4n) is 2.21. The van der Waals surface area contributed by atoms with Crippen LogP contribution in [0.4, 0.5) is 18.9 Å². The fourth-order valence-corrected chi connectivity index (χ4v) is 2.21. The van der Waals surface area contributed by atoms with Crippen molar-refractivity contribution in [3.63, 3.8) is 0 Å². The van der Waals surface area contributed by atoms with Gasteiger partial charge in [-0.25, -0.2) is 0 Å². The van der Waals surface area contributed by atoms with Crippen molar-refractivity contribution in [2.24, 2.45) is 0 Å². The van der Waals surface area contributed by atoms with E-state index in [1.165, 1.54) is 12.1 Å². The third-order valence-corrected chi connectivity index (χ3v) is 3.34. The topological polar surface area (TPSA) is 26.0 Å². The first kappa shape index (κ1) is 14.4. The lowest BCUT2D eigenvalue weighted by molar-refractivity contribution is -0.137. The predicted molar refractivity (Wildman–Crippen MR) is 74.6 cm³/mol. The summed E-state index contributed by atoms with van der Waals surface area (Å²) in [5.41, 5.74) is 9.92. The van der Waals surface area contributed by atoms with E-state index in [1.807, 2.05) is 26.0 Å². The minimum Gasteiger partial charge on any atom is -0.398 e. The van der Waals surface area contributed by atoms with Crippen molar-refractivity contribution in [3.05, 3.63) is 64.2 Å². The van der Waals surface area contributed by atoms with E-state index in [0.29, 0.717) is 6.42 Å². The molecule has 0 aromatic heterocycles. The number of hydrogen-bond acceptors (Lipinski definition) is 1. The first-order valence-electron chi connectivity index (χ1n) is 6.29. The van der Waals surface area contributed by atoms with Crippen LogP contribution < -0.4 is 5.73 Å². The number of halogens is 3. The third-order valence-electron chi connectivity index (χ3n) is 3.34. The van der Waals surface area contributed by atoms with Crippen molar-refractivity contribution < 1.29 is 13.2 Å². The van der Waals surface area contributed by atoms with Crippen molar-refractivity contribution in [3.8, 4) is 0 Å². The van der Waals surface area contributed by atoms with Gasteiger partial charge < -0.3 is 5.73 Å². The third kappa shape index (κ3) is 3.13. The molecule has 0 saturated heterocycles. The van der Waals surface area contributed by atoms with Gasteiger partial charge in [0.05, 0.1) is 5.56 Å². The van der Waals surface area contributed by atoms with E-state index in [4.69, 9.17) is 5.73 Å². The molecule has 2 aromatic rings. The number of nitrogens with two attached hydrogens (primary N) is 1. The second-order valence-electron chi connectivity index (χ2n) is 5.01. The Bertz CT molecular complexity index is 590. The smallest absolute Gasteiger partial charge is 0.398 e. The lowest BCUT2D eigenvalue weighted by Crippen LogP contribution is -2.04. The van der Waals surface area contributed by atoms with Crippen LogP contribution in [0.25, 0.3) is 0 Å². The molecule has 0 radical (unpaired) electrons. The van der Waals surface area contributed by atoms with Gasteiger partial charge in [0.25, 0.3) is 0 Å². The molecular weight excluding hydrogens is 263 g/mol. The van der Waals surface area contributed by atoms with Crippen LogP contribution in [0, 0.1) is 13.8 Å². The van der Waals surface area contributed by atoms with Gasteiger partial charge in [-0.15, -0.1) is 0 Å². The molecule has 0 atom stereocenters. The van der Waals surface area contributed by atoms with E-state index in [1.54, 1.807) is 0 Å². The second-order valence-corrected chi connectivity index (χ2v) is 5.01. The first-order chi connectivity index (χ1) is 9.27. The number of nitrogen functional groups attached to an aromatic ring is 1. The maximum absolute atomic E-state index is 12.5. The van der Waals surface area contributed by atoms with Gasteiger partial charge in [0.1, 0.15) is 0 Å². The zero-order valence-electron chi connectivity index (χ0n) is 11.4. The highest BCUT2D eigenvalue weighted by atomic mass is 19.4. The highest BCUT2D eigenvalue weighted by Crippen LogP contribution is 2.29. The van der Waals surface area contributed by atoms with Crippen LogP contribution in [0.1, 0.15) is 27.8 Å². The maximum atomic E-state index is 12.5. The molecule has 106 valence electrons. The van der Waals surface area contributed by atoms with E-state index in [9.17, 15) is 13.2 Å². The van der Waals surface area contributed by atoms with Crippen LogP contribution in [-0.2, 0) is 12.6 Å². The average Bonchev–Trinajstić information content (AvgIpc) is 2.35. The number of anilines is 1. The molecule has 0 fully saturated rings. The van der Waals surface area contributed by atoms with Gasteiger partial charge in [-0.1, -0.05) is 24.3 Å². The van der Waals surface area contributed by atoms with Crippen LogP contribution in [0.3, 0.4) is 0 Å². The lowest BCUT2D eigenvalue weighted by Gasteiger charge is -2.10. The highest BCUT2D eigenvalue weighted by molar-refractivity contribution is 5.54. The SMILES string of the molecule is Cc1cc(Cc2ccc(C(F)(F)F)cc2)cc(C)c1N. The van der Waals surface area contributed by atoms with Gasteiger partial charge in [0.2, 0.25) is 0 Å². The monoisotopic (exact) mass is 279 g/mol. The van der Waals surface area contributed by atoms with Crippen LogP contribution in [0.5, 0.6) is 0 Å². The number of benzene rings is 2. The standard InChI is InChI=1S/C16H16F3N/c1-10-7-13(8-11(2)15(10)20)9-12-3-5-14(6-4-12)16(17,18)19/h3-8H,9,20H2,1-2H3. The minimum atomic E-state index is -4.28. The summed E-state index contributed by atoms with van der Waals surface area (Å²) in [5, 5.41) is 0. The van der Waals surface area contributed by atoms with E-state index >= 15 is 0 Å². The normalized spacial score (nSPS) is 11.7. The molecule has 0 saturated carbocycles. The van der Waals surface area contributed by atoms with Crippen molar-refractivity contribution in [2.45, 2.75) is 26.4 Å². The van der Waals surface area contributed by atoms with Crippen molar-refractivity contribution >= 4 is 5.69 Å². The Morgan fingerprint density at radius 1 is 0.900 bits per heavy atom. The zero-order chi connectivity index (χ0) is 14.9. The molecule has 0 aliphatic carbocycles. The summed E-state index contributed by atoms with van der Waals surface area (Å²) in [5.74, 6) is 0. The van der Waals surface area contributed by atoms with Gasteiger partial charge >= 0.3 is 6.18 Å². The number of alkyl halides is 3. The molecule has 0 aliphatic heterocycles. The Morgan fingerprint density at radius 3 is 1.85 bits per heavy atom. The fraction of sp³-hybridized carbons (Fsp3) is 0.250. The Balaban J connectivity index is 2.23. The van der Waals surface area contributed by atoms with Gasteiger partial charge in [-0.05, 0) is 54.7 Å². The van der Waals surface area contributed by atoms with Gasteiger partial charge in [-0.2, -0.15) is 13.2 Å². The number of hydrogen-bond donors (Lipinski definition) is 1. The van der Waals surface area contributed by atoms with E-state index in [-0.39, 0.29) is 0 Å². The number of rotatable bonds is 2. The molecule has 2 aromatic carbocycles. The summed E-state index contributed by atoms with van der Waals surface area (Å²) in [6.45, 7) is 3.86. The summed E-state index contributed by atoms with van der Waals surface area (Å²) in [4.78, 5) is 0. The van der Waals surface area contributed by atoms with E-state index in [0.717, 1.165) is 40.1 Å². The first-order valence-corrected chi connectivity index (χ1v) is 6.29. The van der Waals surface area contributed by atoms with E-state index < -0.39 is 11.7 Å². The number of aryl methyl sites for hydroxylation is 2. The molecular formula is C16H16F3N. The Morgan fingerprint density at radius 2 is 1.40 bits per heavy atom. The lowest BCUT2D eigenvalue weighted by atomic mass is 9.98. The molecule has 20 heavy (non-hydrogen) atoms. The average molecular weight is 279 g/mol. The van der Waals surface area contributed by atoms with Crippen LogP contribution in [-0.4, -0.2) is 0 Å². The molecule has 2 N–H and O–H groups in total. The quantitative estimate of drug-likeness (QED) is 0.805. The molecule has 0 bridgehead atoms. The maximum Gasteiger partial charge on any atom is 0.416 e. The zero-order valence-corrected chi connectivity index (χ0v) is 11.4. The summed E-state index contributed by atoms with van der Waals surface area (Å²) in [6, 6.07) is 9.21. The summed E-state index contributed by atoms with van der Waals surface area (Å²) < 4.78 is 37.4. The highest BCUT2D eigenvalue weighted by Gasteiger charge is 2.29. The molecule has 0 aliphatic rings. The van der Waals surface area contributed by atoms with Gasteiger partial charge in [0, 0.05) is 5.69 Å². The molecule has 0 heterocycles.